The van der Waals surface area contributed by atoms with E-state index in [9.17, 15) is 4.79 Å². The van der Waals surface area contributed by atoms with Gasteiger partial charge in [-0.05, 0) is 38.8 Å². The van der Waals surface area contributed by atoms with Crippen LogP contribution in [0.3, 0.4) is 0 Å². The van der Waals surface area contributed by atoms with Crippen LogP contribution >= 0.6 is 0 Å². The second-order valence-electron chi connectivity index (χ2n) is 6.74. The third kappa shape index (κ3) is 2.84. The highest BCUT2D eigenvalue weighted by Crippen LogP contribution is 2.24. The monoisotopic (exact) mass is 301 g/mol. The number of hydrogen-bond acceptors (Lipinski definition) is 3. The van der Waals surface area contributed by atoms with Crippen molar-refractivity contribution in [2.45, 2.75) is 39.3 Å². The number of carbonyl (C=O) groups is 1. The zero-order valence-corrected chi connectivity index (χ0v) is 14.0. The number of amides is 1. The van der Waals surface area contributed by atoms with Crippen LogP contribution in [0.1, 0.15) is 25.8 Å². The molecule has 1 amide bonds. The van der Waals surface area contributed by atoms with Crippen LogP contribution < -0.4 is 4.90 Å². The highest BCUT2D eigenvalue weighted by Gasteiger charge is 2.37. The smallest absolute Gasteiger partial charge is 0.240 e. The molecule has 1 unspecified atom stereocenters. The fraction of sp³-hybridized carbons (Fsp3) is 0.611. The molecule has 0 aliphatic carbocycles. The minimum atomic E-state index is 0.112. The summed E-state index contributed by atoms with van der Waals surface area (Å²) >= 11 is 0. The van der Waals surface area contributed by atoms with Crippen molar-refractivity contribution in [1.29, 1.82) is 0 Å². The van der Waals surface area contributed by atoms with E-state index in [2.05, 4.69) is 54.8 Å². The molecule has 1 aromatic rings. The van der Waals surface area contributed by atoms with Gasteiger partial charge in [-0.25, -0.2) is 0 Å². The van der Waals surface area contributed by atoms with E-state index in [-0.39, 0.29) is 6.04 Å². The Morgan fingerprint density at radius 3 is 2.32 bits per heavy atom. The van der Waals surface area contributed by atoms with Crippen LogP contribution in [0.4, 0.5) is 5.69 Å². The largest absolute Gasteiger partial charge is 0.369 e. The number of carbonyl (C=O) groups excluding carboxylic acids is 1. The molecule has 22 heavy (non-hydrogen) atoms. The number of benzene rings is 1. The zero-order chi connectivity index (χ0) is 15.7. The summed E-state index contributed by atoms with van der Waals surface area (Å²) in [7, 11) is 0. The Kier molecular flexibility index (Phi) is 4.39. The summed E-state index contributed by atoms with van der Waals surface area (Å²) < 4.78 is 0. The van der Waals surface area contributed by atoms with Crippen LogP contribution in [-0.4, -0.2) is 60.5 Å². The lowest BCUT2D eigenvalue weighted by molar-refractivity contribution is -0.133. The fourth-order valence-electron chi connectivity index (χ4n) is 3.73. The molecule has 3 rings (SSSR count). The highest BCUT2D eigenvalue weighted by molar-refractivity contribution is 5.84. The van der Waals surface area contributed by atoms with Gasteiger partial charge in [-0.1, -0.05) is 18.2 Å². The van der Waals surface area contributed by atoms with Crippen LogP contribution in [0.15, 0.2) is 24.3 Å². The lowest BCUT2D eigenvalue weighted by Crippen LogP contribution is -2.53. The van der Waals surface area contributed by atoms with Crippen molar-refractivity contribution in [3.05, 3.63) is 29.8 Å². The summed E-state index contributed by atoms with van der Waals surface area (Å²) in [6.45, 7) is 11.3. The number of nitrogens with zero attached hydrogens (tertiary/aromatic N) is 3. The van der Waals surface area contributed by atoms with Crippen LogP contribution in [0.25, 0.3) is 0 Å². The maximum Gasteiger partial charge on any atom is 0.240 e. The molecule has 0 radical (unpaired) electrons. The fourth-order valence-corrected chi connectivity index (χ4v) is 3.73. The highest BCUT2D eigenvalue weighted by atomic mass is 16.2. The third-order valence-corrected chi connectivity index (χ3v) is 5.05. The van der Waals surface area contributed by atoms with Gasteiger partial charge in [-0.15, -0.1) is 0 Å². The molecule has 2 heterocycles. The van der Waals surface area contributed by atoms with Gasteiger partial charge in [0.2, 0.25) is 5.91 Å². The van der Waals surface area contributed by atoms with Gasteiger partial charge in [0.25, 0.3) is 0 Å². The SMILES string of the molecule is Cc1ccccc1N1CCN(C2CCN(C(C)C)C2=O)CC1. The Bertz CT molecular complexity index is 535. The van der Waals surface area contributed by atoms with Crippen LogP contribution in [0, 0.1) is 6.92 Å². The first-order valence-corrected chi connectivity index (χ1v) is 8.43. The first kappa shape index (κ1) is 15.3. The summed E-state index contributed by atoms with van der Waals surface area (Å²) in [6.07, 6.45) is 0.987. The molecule has 1 aromatic carbocycles. The standard InChI is InChI=1S/C18H27N3O/c1-14(2)21-9-8-17(18(21)22)20-12-10-19(11-13-20)16-7-5-4-6-15(16)3/h4-7,14,17H,8-13H2,1-3H3. The summed E-state index contributed by atoms with van der Waals surface area (Å²) in [4.78, 5) is 19.4. The lowest BCUT2D eigenvalue weighted by atomic mass is 10.1. The van der Waals surface area contributed by atoms with E-state index < -0.39 is 0 Å². The molecule has 0 N–H and O–H groups in total. The summed E-state index contributed by atoms with van der Waals surface area (Å²) in [5.74, 6) is 0.333. The summed E-state index contributed by atoms with van der Waals surface area (Å²) in [5, 5.41) is 0. The first-order chi connectivity index (χ1) is 10.6. The van der Waals surface area contributed by atoms with Gasteiger partial charge in [-0.2, -0.15) is 0 Å². The number of rotatable bonds is 3. The predicted molar refractivity (Wildman–Crippen MR) is 90.2 cm³/mol. The predicted octanol–water partition coefficient (Wildman–Crippen LogP) is 2.13. The maximum atomic E-state index is 12.5. The molecule has 4 nitrogen and oxygen atoms in total. The van der Waals surface area contributed by atoms with Gasteiger partial charge in [0.05, 0.1) is 6.04 Å². The lowest BCUT2D eigenvalue weighted by Gasteiger charge is -2.39. The van der Waals surface area contributed by atoms with Crippen molar-refractivity contribution in [3.63, 3.8) is 0 Å². The van der Waals surface area contributed by atoms with Crippen LogP contribution in [0.2, 0.25) is 0 Å². The molecule has 0 bridgehead atoms. The number of anilines is 1. The second-order valence-corrected chi connectivity index (χ2v) is 6.74. The average molecular weight is 301 g/mol. The van der Waals surface area contributed by atoms with Crippen molar-refractivity contribution < 1.29 is 4.79 Å². The number of para-hydroxylation sites is 1. The minimum absolute atomic E-state index is 0.112. The van der Waals surface area contributed by atoms with Gasteiger partial charge < -0.3 is 9.80 Å². The molecular weight excluding hydrogens is 274 g/mol. The maximum absolute atomic E-state index is 12.5. The molecule has 0 aromatic heterocycles. The normalized spacial score (nSPS) is 23.6. The quantitative estimate of drug-likeness (QED) is 0.856. The van der Waals surface area contributed by atoms with Crippen LogP contribution in [-0.2, 0) is 4.79 Å². The number of aryl methyl sites for hydroxylation is 1. The van der Waals surface area contributed by atoms with E-state index in [1.807, 2.05) is 4.90 Å². The number of piperazine rings is 1. The van der Waals surface area contributed by atoms with Crippen molar-refractivity contribution in [1.82, 2.24) is 9.80 Å². The van der Waals surface area contributed by atoms with Crippen molar-refractivity contribution in [3.8, 4) is 0 Å². The van der Waals surface area contributed by atoms with E-state index >= 15 is 0 Å². The Hall–Kier alpha value is -1.55. The molecule has 2 fully saturated rings. The van der Waals surface area contributed by atoms with Gasteiger partial charge >= 0.3 is 0 Å². The van der Waals surface area contributed by atoms with E-state index in [0.717, 1.165) is 39.1 Å². The molecular formula is C18H27N3O. The molecule has 0 saturated carbocycles. The molecule has 1 atom stereocenters. The third-order valence-electron chi connectivity index (χ3n) is 5.05. The zero-order valence-electron chi connectivity index (χ0n) is 14.0. The molecule has 0 spiro atoms. The second kappa shape index (κ2) is 6.29. The van der Waals surface area contributed by atoms with E-state index in [4.69, 9.17) is 0 Å². The van der Waals surface area contributed by atoms with Gasteiger partial charge in [0, 0.05) is 44.5 Å². The van der Waals surface area contributed by atoms with Crippen molar-refractivity contribution in [2.24, 2.45) is 0 Å². The molecule has 4 heteroatoms. The van der Waals surface area contributed by atoms with Gasteiger partial charge in [0.1, 0.15) is 0 Å². The molecule has 2 aliphatic heterocycles. The van der Waals surface area contributed by atoms with Gasteiger partial charge in [-0.3, -0.25) is 9.69 Å². The topological polar surface area (TPSA) is 26.8 Å². The number of hydrogen-bond donors (Lipinski definition) is 0. The summed E-state index contributed by atoms with van der Waals surface area (Å²) in [6, 6.07) is 9.00. The molecule has 120 valence electrons. The summed E-state index contributed by atoms with van der Waals surface area (Å²) in [5.41, 5.74) is 2.67. The Morgan fingerprint density at radius 2 is 1.73 bits per heavy atom. The average Bonchev–Trinajstić information content (AvgIpc) is 2.90. The van der Waals surface area contributed by atoms with Gasteiger partial charge in [0.15, 0.2) is 0 Å². The van der Waals surface area contributed by atoms with Crippen LogP contribution in [0.5, 0.6) is 0 Å². The van der Waals surface area contributed by atoms with E-state index in [1.54, 1.807) is 0 Å². The first-order valence-electron chi connectivity index (χ1n) is 8.43. The minimum Gasteiger partial charge on any atom is -0.369 e. The Labute approximate surface area is 133 Å². The Balaban J connectivity index is 1.61. The van der Waals surface area contributed by atoms with Crippen molar-refractivity contribution in [2.75, 3.05) is 37.6 Å². The van der Waals surface area contributed by atoms with E-state index in [0.29, 0.717) is 11.9 Å². The molecule has 2 saturated heterocycles. The number of likely N-dealkylation sites (tertiary alicyclic amines) is 1. The van der Waals surface area contributed by atoms with Crippen molar-refractivity contribution >= 4 is 11.6 Å². The Morgan fingerprint density at radius 1 is 1.05 bits per heavy atom. The van der Waals surface area contributed by atoms with E-state index in [1.165, 1.54) is 11.3 Å². The molecule has 2 aliphatic rings.